The molecule has 0 saturated carbocycles. The van der Waals surface area contributed by atoms with Crippen molar-refractivity contribution in [1.82, 2.24) is 0 Å². The smallest absolute Gasteiger partial charge is 0.333 e. The number of anilines is 3. The molecule has 2 rings (SSSR count). The van der Waals surface area contributed by atoms with Crippen molar-refractivity contribution < 1.29 is 19.1 Å². The predicted octanol–water partition coefficient (Wildman–Crippen LogP) is 4.21. The van der Waals surface area contributed by atoms with Gasteiger partial charge >= 0.3 is 5.97 Å². The van der Waals surface area contributed by atoms with Crippen LogP contribution < -0.4 is 10.2 Å². The number of hydrogen-bond acceptors (Lipinski definition) is 4. The minimum absolute atomic E-state index is 0.104. The normalized spacial score (nSPS) is 10.1. The van der Waals surface area contributed by atoms with Crippen molar-refractivity contribution in [2.75, 3.05) is 16.8 Å². The summed E-state index contributed by atoms with van der Waals surface area (Å²) in [6, 6.07) is 16.4. The molecule has 0 unspecified atom stereocenters. The fourth-order valence-corrected chi connectivity index (χ4v) is 2.53. The Morgan fingerprint density at radius 1 is 0.964 bits per heavy atom. The lowest BCUT2D eigenvalue weighted by atomic mass is 10.2. The first kappa shape index (κ1) is 20.9. The third kappa shape index (κ3) is 6.09. The first-order chi connectivity index (χ1) is 13.4. The third-order valence-electron chi connectivity index (χ3n) is 3.87. The summed E-state index contributed by atoms with van der Waals surface area (Å²) in [5, 5.41) is 2.79. The molecule has 0 aliphatic rings. The van der Waals surface area contributed by atoms with E-state index in [2.05, 4.69) is 11.9 Å². The second-order valence-electron chi connectivity index (χ2n) is 6.30. The highest BCUT2D eigenvalue weighted by atomic mass is 16.5. The van der Waals surface area contributed by atoms with E-state index in [0.717, 1.165) is 5.69 Å². The average molecular weight is 380 g/mol. The van der Waals surface area contributed by atoms with Gasteiger partial charge < -0.3 is 10.1 Å². The van der Waals surface area contributed by atoms with Gasteiger partial charge in [-0.3, -0.25) is 14.5 Å². The molecule has 0 bridgehead atoms. The minimum Gasteiger partial charge on any atom is -0.462 e. The molecule has 0 aliphatic carbocycles. The highest BCUT2D eigenvalue weighted by Gasteiger charge is 2.14. The van der Waals surface area contributed by atoms with Gasteiger partial charge in [0, 0.05) is 36.0 Å². The molecule has 0 saturated heterocycles. The molecule has 0 aliphatic heterocycles. The molecule has 0 radical (unpaired) electrons. The van der Waals surface area contributed by atoms with Gasteiger partial charge in [0.1, 0.15) is 0 Å². The first-order valence-corrected chi connectivity index (χ1v) is 8.97. The van der Waals surface area contributed by atoms with E-state index in [9.17, 15) is 14.4 Å². The average Bonchev–Trinajstić information content (AvgIpc) is 2.67. The van der Waals surface area contributed by atoms with E-state index in [-0.39, 0.29) is 24.8 Å². The van der Waals surface area contributed by atoms with Crippen molar-refractivity contribution >= 4 is 34.8 Å². The minimum atomic E-state index is -0.454. The number of hydrogen-bond donors (Lipinski definition) is 1. The Balaban J connectivity index is 1.91. The molecule has 28 heavy (non-hydrogen) atoms. The Hall–Kier alpha value is -3.41. The molecular weight excluding hydrogens is 356 g/mol. The second-order valence-corrected chi connectivity index (χ2v) is 6.30. The van der Waals surface area contributed by atoms with Gasteiger partial charge in [-0.05, 0) is 49.7 Å². The Bertz CT molecular complexity index is 845. The maximum atomic E-state index is 12.1. The Kier molecular flexibility index (Phi) is 7.51. The summed E-state index contributed by atoms with van der Waals surface area (Å²) in [6.45, 7) is 6.74. The zero-order valence-corrected chi connectivity index (χ0v) is 16.1. The van der Waals surface area contributed by atoms with Crippen molar-refractivity contribution in [3.63, 3.8) is 0 Å². The number of nitrogens with one attached hydrogen (secondary N) is 1. The van der Waals surface area contributed by atoms with E-state index in [4.69, 9.17) is 4.74 Å². The SMILES string of the molecule is C=C(C)C(=O)OCCCC(=O)Nc1ccc(N(C(C)=O)c2ccccc2)cc1. The number of esters is 1. The van der Waals surface area contributed by atoms with Crippen molar-refractivity contribution in [2.45, 2.75) is 26.7 Å². The number of carbonyl (C=O) groups is 3. The summed E-state index contributed by atoms with van der Waals surface area (Å²) in [4.78, 5) is 36.9. The number of nitrogens with zero attached hydrogens (tertiary/aromatic N) is 1. The van der Waals surface area contributed by atoms with Gasteiger partial charge in [-0.15, -0.1) is 0 Å². The zero-order chi connectivity index (χ0) is 20.5. The zero-order valence-electron chi connectivity index (χ0n) is 16.1. The molecule has 0 atom stereocenters. The number of amides is 2. The Labute approximate surface area is 164 Å². The number of benzene rings is 2. The molecule has 0 aromatic heterocycles. The van der Waals surface area contributed by atoms with E-state index in [1.165, 1.54) is 6.92 Å². The summed E-state index contributed by atoms with van der Waals surface area (Å²) < 4.78 is 4.95. The number of ether oxygens (including phenoxy) is 1. The maximum Gasteiger partial charge on any atom is 0.333 e. The molecule has 2 aromatic carbocycles. The topological polar surface area (TPSA) is 75.7 Å². The summed E-state index contributed by atoms with van der Waals surface area (Å²) >= 11 is 0. The van der Waals surface area contributed by atoms with Crippen molar-refractivity contribution in [3.05, 3.63) is 66.7 Å². The van der Waals surface area contributed by atoms with Gasteiger partial charge in [0.05, 0.1) is 6.61 Å². The fraction of sp³-hybridized carbons (Fsp3) is 0.227. The Morgan fingerprint density at radius 2 is 1.57 bits per heavy atom. The highest BCUT2D eigenvalue weighted by molar-refractivity contribution is 5.99. The molecule has 2 amide bonds. The van der Waals surface area contributed by atoms with Crippen LogP contribution in [0.4, 0.5) is 17.1 Å². The van der Waals surface area contributed by atoms with Crippen LogP contribution in [0.2, 0.25) is 0 Å². The molecule has 0 fully saturated rings. The van der Waals surface area contributed by atoms with E-state index in [1.807, 2.05) is 30.3 Å². The van der Waals surface area contributed by atoms with Crippen molar-refractivity contribution in [3.8, 4) is 0 Å². The van der Waals surface area contributed by atoms with Gasteiger partial charge in [0.2, 0.25) is 11.8 Å². The van der Waals surface area contributed by atoms with Gasteiger partial charge in [0.25, 0.3) is 0 Å². The van der Waals surface area contributed by atoms with Crippen LogP contribution in [0.5, 0.6) is 0 Å². The summed E-state index contributed by atoms with van der Waals surface area (Å²) in [5.41, 5.74) is 2.45. The highest BCUT2D eigenvalue weighted by Crippen LogP contribution is 2.26. The van der Waals surface area contributed by atoms with Crippen LogP contribution in [-0.4, -0.2) is 24.4 Å². The summed E-state index contributed by atoms with van der Waals surface area (Å²) in [5.74, 6) is -0.734. The third-order valence-corrected chi connectivity index (χ3v) is 3.87. The lowest BCUT2D eigenvalue weighted by molar-refractivity contribution is -0.139. The van der Waals surface area contributed by atoms with E-state index >= 15 is 0 Å². The summed E-state index contributed by atoms with van der Waals surface area (Å²) in [7, 11) is 0. The molecule has 1 N–H and O–H groups in total. The molecular formula is C22H24N2O4. The van der Waals surface area contributed by atoms with Gasteiger partial charge in [-0.2, -0.15) is 0 Å². The number of rotatable bonds is 8. The van der Waals surface area contributed by atoms with E-state index in [1.54, 1.807) is 36.1 Å². The Morgan fingerprint density at radius 3 is 2.14 bits per heavy atom. The standard InChI is InChI=1S/C22H24N2O4/c1-16(2)22(27)28-15-7-10-21(26)23-18-11-13-20(14-12-18)24(17(3)25)19-8-5-4-6-9-19/h4-6,8-9,11-14H,1,7,10,15H2,2-3H3,(H,23,26). The van der Waals surface area contributed by atoms with Crippen molar-refractivity contribution in [1.29, 1.82) is 0 Å². The molecule has 2 aromatic rings. The van der Waals surface area contributed by atoms with Gasteiger partial charge in [-0.25, -0.2) is 4.79 Å². The van der Waals surface area contributed by atoms with Gasteiger partial charge in [-0.1, -0.05) is 24.8 Å². The number of para-hydroxylation sites is 1. The van der Waals surface area contributed by atoms with Crippen LogP contribution in [-0.2, 0) is 19.1 Å². The van der Waals surface area contributed by atoms with Crippen LogP contribution >= 0.6 is 0 Å². The monoisotopic (exact) mass is 380 g/mol. The fourth-order valence-electron chi connectivity index (χ4n) is 2.53. The van der Waals surface area contributed by atoms with Crippen LogP contribution in [0.25, 0.3) is 0 Å². The largest absolute Gasteiger partial charge is 0.462 e. The number of carbonyl (C=O) groups excluding carboxylic acids is 3. The quantitative estimate of drug-likeness (QED) is 0.423. The summed E-state index contributed by atoms with van der Waals surface area (Å²) in [6.07, 6.45) is 0.657. The van der Waals surface area contributed by atoms with E-state index < -0.39 is 5.97 Å². The van der Waals surface area contributed by atoms with Crippen molar-refractivity contribution in [2.24, 2.45) is 0 Å². The molecule has 6 heteroatoms. The lowest BCUT2D eigenvalue weighted by Crippen LogP contribution is -2.22. The molecule has 0 spiro atoms. The second kappa shape index (κ2) is 10.1. The van der Waals surface area contributed by atoms with Crippen LogP contribution in [0.1, 0.15) is 26.7 Å². The van der Waals surface area contributed by atoms with Crippen LogP contribution in [0, 0.1) is 0 Å². The molecule has 6 nitrogen and oxygen atoms in total. The maximum absolute atomic E-state index is 12.1. The predicted molar refractivity (Wildman–Crippen MR) is 109 cm³/mol. The lowest BCUT2D eigenvalue weighted by Gasteiger charge is -2.21. The van der Waals surface area contributed by atoms with Crippen LogP contribution in [0.3, 0.4) is 0 Å². The van der Waals surface area contributed by atoms with E-state index in [0.29, 0.717) is 23.4 Å². The molecule has 0 heterocycles. The first-order valence-electron chi connectivity index (χ1n) is 8.97. The molecule has 146 valence electrons. The van der Waals surface area contributed by atoms with Crippen LogP contribution in [0.15, 0.2) is 66.7 Å². The van der Waals surface area contributed by atoms with Gasteiger partial charge in [0.15, 0.2) is 0 Å².